The lowest BCUT2D eigenvalue weighted by Gasteiger charge is -2.22. The number of nitrogens with two attached hydrogens (primary N) is 1. The third-order valence-corrected chi connectivity index (χ3v) is 4.33. The van der Waals surface area contributed by atoms with Crippen molar-refractivity contribution in [3.63, 3.8) is 0 Å². The van der Waals surface area contributed by atoms with E-state index < -0.39 is 0 Å². The number of nitrogens with zero attached hydrogens (tertiary/aromatic N) is 2. The average molecular weight is 290 g/mol. The number of pyridine rings is 1. The second kappa shape index (κ2) is 5.89. The molecule has 0 radical (unpaired) electrons. The third kappa shape index (κ3) is 2.81. The van der Waals surface area contributed by atoms with Crippen LogP contribution in [0, 0.1) is 0 Å². The van der Waals surface area contributed by atoms with Gasteiger partial charge in [0, 0.05) is 18.6 Å². The number of ether oxygens (including phenoxy) is 1. The summed E-state index contributed by atoms with van der Waals surface area (Å²) in [5.74, 6) is 0.211. The predicted molar refractivity (Wildman–Crippen MR) is 81.2 cm³/mol. The second-order valence-corrected chi connectivity index (χ2v) is 5.67. The largest absolute Gasteiger partial charge is 0.462 e. The van der Waals surface area contributed by atoms with Gasteiger partial charge in [0.25, 0.3) is 0 Å². The minimum absolute atomic E-state index is 0.340. The molecule has 2 fully saturated rings. The van der Waals surface area contributed by atoms with Crippen LogP contribution in [0.3, 0.4) is 0 Å². The minimum atomic E-state index is -0.374. The summed E-state index contributed by atoms with van der Waals surface area (Å²) in [6, 6.07) is 2.53. The van der Waals surface area contributed by atoms with Gasteiger partial charge in [-0.2, -0.15) is 0 Å². The number of fused-ring (bicyclic) bond motifs is 1. The number of carbonyl (C=O) groups is 1. The van der Waals surface area contributed by atoms with Gasteiger partial charge in [0.1, 0.15) is 11.4 Å². The predicted octanol–water partition coefficient (Wildman–Crippen LogP) is 1.49. The standard InChI is InChI=1S/C15H22N4O2/c1-2-21-15(20)11-8-10(16)9-17-14(11)18-12-5-7-19-6-3-4-13(12)19/h8-9,12-13H,2-7,16H2,1H3,(H,17,18). The van der Waals surface area contributed by atoms with Crippen molar-refractivity contribution in [3.05, 3.63) is 17.8 Å². The number of hydrogen-bond acceptors (Lipinski definition) is 6. The summed E-state index contributed by atoms with van der Waals surface area (Å²) in [7, 11) is 0. The highest BCUT2D eigenvalue weighted by atomic mass is 16.5. The van der Waals surface area contributed by atoms with Crippen LogP contribution in [0.15, 0.2) is 12.3 Å². The number of carbonyl (C=O) groups excluding carboxylic acids is 1. The number of rotatable bonds is 4. The summed E-state index contributed by atoms with van der Waals surface area (Å²) < 4.78 is 5.09. The lowest BCUT2D eigenvalue weighted by atomic mass is 10.1. The van der Waals surface area contributed by atoms with E-state index in [1.54, 1.807) is 19.2 Å². The summed E-state index contributed by atoms with van der Waals surface area (Å²) in [5.41, 5.74) is 6.64. The fraction of sp³-hybridized carbons (Fsp3) is 0.600. The number of nitrogen functional groups attached to an aromatic ring is 1. The van der Waals surface area contributed by atoms with Crippen molar-refractivity contribution in [2.24, 2.45) is 0 Å². The minimum Gasteiger partial charge on any atom is -0.462 e. The molecular weight excluding hydrogens is 268 g/mol. The zero-order valence-corrected chi connectivity index (χ0v) is 12.3. The maximum atomic E-state index is 12.1. The zero-order valence-electron chi connectivity index (χ0n) is 12.3. The summed E-state index contributed by atoms with van der Waals surface area (Å²) in [4.78, 5) is 18.9. The van der Waals surface area contributed by atoms with Gasteiger partial charge < -0.3 is 15.8 Å². The van der Waals surface area contributed by atoms with E-state index in [-0.39, 0.29) is 5.97 Å². The smallest absolute Gasteiger partial charge is 0.341 e. The Labute approximate surface area is 124 Å². The number of hydrogen-bond donors (Lipinski definition) is 2. The summed E-state index contributed by atoms with van der Waals surface area (Å²) >= 11 is 0. The Kier molecular flexibility index (Phi) is 3.96. The van der Waals surface area contributed by atoms with Gasteiger partial charge in [-0.3, -0.25) is 4.90 Å². The molecule has 0 aliphatic carbocycles. The van der Waals surface area contributed by atoms with Gasteiger partial charge in [0.15, 0.2) is 0 Å². The Bertz CT molecular complexity index is 534. The quantitative estimate of drug-likeness (QED) is 0.818. The first kappa shape index (κ1) is 14.1. The average Bonchev–Trinajstić information content (AvgIpc) is 3.06. The van der Waals surface area contributed by atoms with Crippen LogP contribution in [-0.4, -0.2) is 47.6 Å². The van der Waals surface area contributed by atoms with Crippen molar-refractivity contribution in [1.82, 2.24) is 9.88 Å². The number of anilines is 2. The van der Waals surface area contributed by atoms with Gasteiger partial charge >= 0.3 is 5.97 Å². The van der Waals surface area contributed by atoms with Gasteiger partial charge in [-0.1, -0.05) is 0 Å². The molecule has 114 valence electrons. The zero-order chi connectivity index (χ0) is 14.8. The summed E-state index contributed by atoms with van der Waals surface area (Å²) in [6.07, 6.45) is 5.12. The maximum absolute atomic E-state index is 12.1. The third-order valence-electron chi connectivity index (χ3n) is 4.33. The van der Waals surface area contributed by atoms with Crippen molar-refractivity contribution >= 4 is 17.5 Å². The number of aromatic nitrogens is 1. The van der Waals surface area contributed by atoms with Gasteiger partial charge in [0.2, 0.25) is 0 Å². The molecule has 1 aromatic rings. The molecule has 1 aromatic heterocycles. The molecule has 2 saturated heterocycles. The molecule has 0 bridgehead atoms. The number of nitrogens with one attached hydrogen (secondary N) is 1. The van der Waals surface area contributed by atoms with Crippen LogP contribution in [0.25, 0.3) is 0 Å². The van der Waals surface area contributed by atoms with Crippen LogP contribution in [0.1, 0.15) is 36.5 Å². The number of esters is 1. The van der Waals surface area contributed by atoms with Gasteiger partial charge in [-0.05, 0) is 38.8 Å². The van der Waals surface area contributed by atoms with Gasteiger partial charge in [-0.15, -0.1) is 0 Å². The van der Waals surface area contributed by atoms with E-state index in [2.05, 4.69) is 15.2 Å². The highest BCUT2D eigenvalue weighted by Crippen LogP contribution is 2.30. The molecule has 6 nitrogen and oxygen atoms in total. The van der Waals surface area contributed by atoms with Crippen LogP contribution in [0.2, 0.25) is 0 Å². The van der Waals surface area contributed by atoms with Crippen molar-refractivity contribution < 1.29 is 9.53 Å². The SMILES string of the molecule is CCOC(=O)c1cc(N)cnc1NC1CCN2CCCC12. The van der Waals surface area contributed by atoms with Crippen molar-refractivity contribution in [1.29, 1.82) is 0 Å². The molecule has 3 heterocycles. The molecule has 0 amide bonds. The van der Waals surface area contributed by atoms with Crippen LogP contribution in [0.5, 0.6) is 0 Å². The molecule has 0 saturated carbocycles. The molecule has 0 aromatic carbocycles. The first-order valence-electron chi connectivity index (χ1n) is 7.62. The molecule has 2 unspecified atom stereocenters. The van der Waals surface area contributed by atoms with Crippen LogP contribution in [0.4, 0.5) is 11.5 Å². The molecule has 6 heteroatoms. The van der Waals surface area contributed by atoms with Gasteiger partial charge in [-0.25, -0.2) is 9.78 Å². The Morgan fingerprint density at radius 2 is 2.38 bits per heavy atom. The van der Waals surface area contributed by atoms with Crippen LogP contribution < -0.4 is 11.1 Å². The Hall–Kier alpha value is -1.82. The van der Waals surface area contributed by atoms with Crippen molar-refractivity contribution in [2.45, 2.75) is 38.3 Å². The Balaban J connectivity index is 1.80. The fourth-order valence-electron chi connectivity index (χ4n) is 3.39. The summed E-state index contributed by atoms with van der Waals surface area (Å²) in [5, 5.41) is 3.44. The highest BCUT2D eigenvalue weighted by molar-refractivity contribution is 5.95. The maximum Gasteiger partial charge on any atom is 0.341 e. The van der Waals surface area contributed by atoms with E-state index in [9.17, 15) is 4.79 Å². The molecule has 21 heavy (non-hydrogen) atoms. The fourth-order valence-corrected chi connectivity index (χ4v) is 3.39. The highest BCUT2D eigenvalue weighted by Gasteiger charge is 2.37. The van der Waals surface area contributed by atoms with E-state index >= 15 is 0 Å². The molecule has 0 spiro atoms. The van der Waals surface area contributed by atoms with Crippen LogP contribution >= 0.6 is 0 Å². The van der Waals surface area contributed by atoms with Crippen molar-refractivity contribution in [3.8, 4) is 0 Å². The Morgan fingerprint density at radius 3 is 3.19 bits per heavy atom. The summed E-state index contributed by atoms with van der Waals surface area (Å²) in [6.45, 7) is 4.43. The molecule has 2 aliphatic heterocycles. The molecule has 2 aliphatic rings. The van der Waals surface area contributed by atoms with E-state index in [1.165, 1.54) is 19.4 Å². The molecular formula is C15H22N4O2. The second-order valence-electron chi connectivity index (χ2n) is 5.67. The topological polar surface area (TPSA) is 80.5 Å². The monoisotopic (exact) mass is 290 g/mol. The lowest BCUT2D eigenvalue weighted by Crippen LogP contribution is -2.34. The van der Waals surface area contributed by atoms with E-state index in [0.717, 1.165) is 13.0 Å². The molecule has 3 rings (SSSR count). The van der Waals surface area contributed by atoms with E-state index in [1.807, 2.05) is 0 Å². The Morgan fingerprint density at radius 1 is 1.52 bits per heavy atom. The first-order chi connectivity index (χ1) is 10.2. The lowest BCUT2D eigenvalue weighted by molar-refractivity contribution is 0.0527. The van der Waals surface area contributed by atoms with E-state index in [4.69, 9.17) is 10.5 Å². The molecule has 3 N–H and O–H groups in total. The first-order valence-corrected chi connectivity index (χ1v) is 7.62. The van der Waals surface area contributed by atoms with E-state index in [0.29, 0.717) is 35.8 Å². The normalized spacial score (nSPS) is 24.8. The van der Waals surface area contributed by atoms with Gasteiger partial charge in [0.05, 0.1) is 18.5 Å². The molecule has 2 atom stereocenters. The van der Waals surface area contributed by atoms with Crippen molar-refractivity contribution in [2.75, 3.05) is 30.7 Å². The van der Waals surface area contributed by atoms with Crippen LogP contribution in [-0.2, 0) is 4.74 Å².